The molecule has 0 aliphatic heterocycles. The van der Waals surface area contributed by atoms with Crippen molar-refractivity contribution in [1.82, 2.24) is 34.1 Å². The maximum absolute atomic E-state index is 15.5. The minimum absolute atomic E-state index is 0.124. The van der Waals surface area contributed by atoms with Gasteiger partial charge < -0.3 is 25.1 Å². The Morgan fingerprint density at radius 2 is 1.30 bits per heavy atom. The number of hydrogen-bond donors (Lipinski definition) is 3. The molecule has 0 saturated heterocycles. The summed E-state index contributed by atoms with van der Waals surface area (Å²) in [4.78, 5) is 25.5. The van der Waals surface area contributed by atoms with Crippen LogP contribution in [0.5, 0.6) is 17.2 Å². The van der Waals surface area contributed by atoms with E-state index in [9.17, 15) is 23.1 Å². The second-order valence-electron chi connectivity index (χ2n) is 14.3. The third kappa shape index (κ3) is 10.7. The van der Waals surface area contributed by atoms with Gasteiger partial charge >= 0.3 is 6.09 Å². The highest BCUT2D eigenvalue weighted by molar-refractivity contribution is 14.1. The minimum atomic E-state index is -4.91. The minimum Gasteiger partial charge on any atom is -0.497 e. The number of nitrogens with zero attached hydrogens (tertiary/aromatic N) is 6. The second kappa shape index (κ2) is 18.9. The maximum atomic E-state index is 15.5. The molecule has 0 radical (unpaired) electrons. The molecule has 0 spiro atoms. The van der Waals surface area contributed by atoms with Crippen LogP contribution in [0.25, 0.3) is 11.4 Å². The van der Waals surface area contributed by atoms with Gasteiger partial charge in [0.2, 0.25) is 31.8 Å². The molecule has 5 rings (SSSR count). The molecule has 1 aromatic heterocycles. The quantitative estimate of drug-likeness (QED) is 0.104. The van der Waals surface area contributed by atoms with Crippen LogP contribution in [-0.4, -0.2) is 103 Å². The van der Waals surface area contributed by atoms with E-state index in [4.69, 9.17) is 19.9 Å². The van der Waals surface area contributed by atoms with Gasteiger partial charge in [-0.05, 0) is 114 Å². The number of aromatic nitrogens is 4. The number of amides is 2. The van der Waals surface area contributed by atoms with Gasteiger partial charge in [0, 0.05) is 28.7 Å². The van der Waals surface area contributed by atoms with E-state index in [1.165, 1.54) is 45.9 Å². The highest BCUT2D eigenvalue weighted by Gasteiger charge is 2.40. The second-order valence-corrected chi connectivity index (χ2v) is 19.1. The number of hydrogen-bond acceptors (Lipinski definition) is 12. The van der Waals surface area contributed by atoms with Crippen LogP contribution < -0.4 is 24.7 Å². The number of primary amides is 1. The van der Waals surface area contributed by atoms with Crippen molar-refractivity contribution in [2.75, 3.05) is 27.9 Å². The van der Waals surface area contributed by atoms with E-state index in [1.54, 1.807) is 79.9 Å². The molecule has 60 heavy (non-hydrogen) atoms. The average Bonchev–Trinajstić information content (AvgIpc) is 3.66. The fourth-order valence-electron chi connectivity index (χ4n) is 6.22. The van der Waals surface area contributed by atoms with Crippen molar-refractivity contribution < 1.29 is 45.7 Å². The lowest BCUT2D eigenvalue weighted by Gasteiger charge is -2.38. The monoisotopic (exact) mass is 976 g/mol. The smallest absolute Gasteiger partial charge is 0.408 e. The Hall–Kier alpha value is -5.36. The Morgan fingerprint density at radius 1 is 0.817 bits per heavy atom. The summed E-state index contributed by atoms with van der Waals surface area (Å²) < 4.78 is 79.5. The van der Waals surface area contributed by atoms with E-state index in [0.29, 0.717) is 28.4 Å². The number of carbonyl (C=O) groups is 2. The van der Waals surface area contributed by atoms with E-state index in [0.717, 1.165) is 20.8 Å². The number of benzene rings is 4. The molecule has 18 nitrogen and oxygen atoms in total. The van der Waals surface area contributed by atoms with Gasteiger partial charge in [0.1, 0.15) is 33.1 Å². The Bertz CT molecular complexity index is 2480. The molecule has 4 N–H and O–H groups in total. The lowest BCUT2D eigenvalue weighted by molar-refractivity contribution is -0.124. The standard InChI is InChI=1S/C39H45IN8O10S2/c1-39(2,3)48(38(50)51)32(36(41)49)21-42-59(52,53)33-20-19-31(40)34(37-43-45-47(44-37)24-27-11-17-30(58-6)18-12-27)35(33)60(54,55)46(22-25-7-13-28(56-4)14-8-25)23-26-9-15-29(57-5)16-10-26/h7-20,32,42H,21-24H2,1-6H3,(H2,41,49)(H,50,51)/t32-/m1/s1. The molecule has 0 aliphatic carbocycles. The zero-order chi connectivity index (χ0) is 44.0. The van der Waals surface area contributed by atoms with Crippen molar-refractivity contribution in [2.45, 2.75) is 61.8 Å². The van der Waals surface area contributed by atoms with Crippen molar-refractivity contribution in [1.29, 1.82) is 0 Å². The SMILES string of the molecule is COc1ccc(CN(Cc2ccc(OC)cc2)S(=O)(=O)c2c(S(=O)(=O)NC[C@H](C(N)=O)N(C(=O)O)C(C)(C)C)ccc(I)c2-c2nnn(Cc3ccc(OC)cc3)n2)cc1. The molecular weight excluding hydrogens is 932 g/mol. The van der Waals surface area contributed by atoms with E-state index in [1.807, 2.05) is 22.6 Å². The van der Waals surface area contributed by atoms with Gasteiger partial charge in [0.15, 0.2) is 0 Å². The number of ether oxygens (including phenoxy) is 3. The number of tetrazole rings is 1. The first kappa shape index (κ1) is 45.7. The maximum Gasteiger partial charge on any atom is 0.408 e. The molecule has 0 saturated carbocycles. The number of halogens is 1. The van der Waals surface area contributed by atoms with Crippen molar-refractivity contribution in [3.63, 3.8) is 0 Å². The van der Waals surface area contributed by atoms with E-state index < -0.39 is 60.0 Å². The van der Waals surface area contributed by atoms with Crippen molar-refractivity contribution in [2.24, 2.45) is 5.73 Å². The first-order chi connectivity index (χ1) is 28.3. The normalized spacial score (nSPS) is 12.5. The highest BCUT2D eigenvalue weighted by atomic mass is 127. The number of nitrogens with one attached hydrogen (secondary N) is 1. The van der Waals surface area contributed by atoms with Crippen molar-refractivity contribution in [3.8, 4) is 28.6 Å². The lowest BCUT2D eigenvalue weighted by atomic mass is 10.0. The molecule has 4 aromatic carbocycles. The summed E-state index contributed by atoms with van der Waals surface area (Å²) in [6.45, 7) is 3.38. The molecule has 2 amide bonds. The molecule has 0 fully saturated rings. The number of carbonyl (C=O) groups excluding carboxylic acids is 1. The molecule has 0 unspecified atom stereocenters. The number of rotatable bonds is 18. The van der Waals surface area contributed by atoms with E-state index in [2.05, 4.69) is 20.1 Å². The predicted octanol–water partition coefficient (Wildman–Crippen LogP) is 4.32. The summed E-state index contributed by atoms with van der Waals surface area (Å²) in [7, 11) is -5.26. The number of nitrogens with two attached hydrogens (primary N) is 1. The van der Waals surface area contributed by atoms with Crippen LogP contribution in [0.2, 0.25) is 0 Å². The average molecular weight is 977 g/mol. The molecule has 5 aromatic rings. The third-order valence-corrected chi connectivity index (χ3v) is 13.6. The van der Waals surface area contributed by atoms with Gasteiger partial charge in [-0.2, -0.15) is 9.10 Å². The van der Waals surface area contributed by atoms with Crippen LogP contribution in [0, 0.1) is 3.57 Å². The summed E-state index contributed by atoms with van der Waals surface area (Å²) in [5.74, 6) is 0.376. The Balaban J connectivity index is 1.70. The molecule has 320 valence electrons. The number of sulfonamides is 2. The number of carboxylic acid groups (broad SMARTS) is 1. The van der Waals surface area contributed by atoms with Crippen molar-refractivity contribution in [3.05, 3.63) is 105 Å². The van der Waals surface area contributed by atoms with E-state index in [-0.39, 0.29) is 34.6 Å². The van der Waals surface area contributed by atoms with Crippen LogP contribution in [0.15, 0.2) is 94.7 Å². The summed E-state index contributed by atoms with van der Waals surface area (Å²) in [6, 6.07) is 21.3. The summed E-state index contributed by atoms with van der Waals surface area (Å²) in [6.07, 6.45) is -1.53. The van der Waals surface area contributed by atoms with Crippen LogP contribution >= 0.6 is 22.6 Å². The van der Waals surface area contributed by atoms with E-state index >= 15 is 8.42 Å². The third-order valence-electron chi connectivity index (χ3n) is 9.19. The van der Waals surface area contributed by atoms with Gasteiger partial charge in [-0.15, -0.1) is 10.2 Å². The summed E-state index contributed by atoms with van der Waals surface area (Å²) in [5.41, 5.74) is 6.13. The molecule has 1 heterocycles. The largest absolute Gasteiger partial charge is 0.497 e. The van der Waals surface area contributed by atoms with Crippen LogP contribution in [-0.2, 0) is 44.5 Å². The lowest BCUT2D eigenvalue weighted by Crippen LogP contribution is -2.59. The molecule has 21 heteroatoms. The summed E-state index contributed by atoms with van der Waals surface area (Å²) >= 11 is 1.88. The molecule has 1 atom stereocenters. The van der Waals surface area contributed by atoms with Gasteiger partial charge in [-0.3, -0.25) is 9.69 Å². The van der Waals surface area contributed by atoms with Gasteiger partial charge in [-0.1, -0.05) is 36.4 Å². The Morgan fingerprint density at radius 3 is 1.73 bits per heavy atom. The van der Waals surface area contributed by atoms with Crippen LogP contribution in [0.4, 0.5) is 4.79 Å². The zero-order valence-corrected chi connectivity index (χ0v) is 37.4. The van der Waals surface area contributed by atoms with Gasteiger partial charge in [-0.25, -0.2) is 26.4 Å². The van der Waals surface area contributed by atoms with Crippen molar-refractivity contribution >= 4 is 54.6 Å². The first-order valence-electron chi connectivity index (χ1n) is 18.1. The fraction of sp³-hybridized carbons (Fsp3) is 0.308. The Labute approximate surface area is 361 Å². The summed E-state index contributed by atoms with van der Waals surface area (Å²) in [5, 5.41) is 22.9. The van der Waals surface area contributed by atoms with Gasteiger partial charge in [0.25, 0.3) is 0 Å². The van der Waals surface area contributed by atoms with Gasteiger partial charge in [0.05, 0.1) is 33.4 Å². The topological polar surface area (TPSA) is 238 Å². The highest BCUT2D eigenvalue weighted by Crippen LogP contribution is 2.38. The number of methoxy groups -OCH3 is 3. The zero-order valence-electron chi connectivity index (χ0n) is 33.6. The molecule has 0 aliphatic rings. The molecule has 0 bridgehead atoms. The molecular formula is C39H45IN8O10S2. The Kier molecular flexibility index (Phi) is 14.4. The fourth-order valence-corrected chi connectivity index (χ4v) is 10.5. The first-order valence-corrected chi connectivity index (χ1v) is 22.1. The van der Waals surface area contributed by atoms with Crippen LogP contribution in [0.3, 0.4) is 0 Å². The predicted molar refractivity (Wildman–Crippen MR) is 228 cm³/mol. The van der Waals surface area contributed by atoms with Crippen LogP contribution in [0.1, 0.15) is 37.5 Å².